The Morgan fingerprint density at radius 2 is 1.53 bits per heavy atom. The van der Waals surface area contributed by atoms with Gasteiger partial charge in [-0.2, -0.15) is 13.2 Å². The predicted octanol–water partition coefficient (Wildman–Crippen LogP) is 4.09. The van der Waals surface area contributed by atoms with Crippen molar-refractivity contribution in [3.05, 3.63) is 0 Å². The number of alkyl halides is 5. The van der Waals surface area contributed by atoms with Crippen LogP contribution in [0.3, 0.4) is 0 Å². The molecule has 0 radical (unpaired) electrons. The molecule has 0 aromatic rings. The van der Waals surface area contributed by atoms with Crippen LogP contribution in [0.4, 0.5) is 31.1 Å². The van der Waals surface area contributed by atoms with E-state index in [0.29, 0.717) is 0 Å². The van der Waals surface area contributed by atoms with Gasteiger partial charge in [0.25, 0.3) is 0 Å². The van der Waals surface area contributed by atoms with Gasteiger partial charge < -0.3 is 4.74 Å². The van der Waals surface area contributed by atoms with Gasteiger partial charge in [-0.1, -0.05) is 14.9 Å². The molecule has 15 heavy (non-hydrogen) atoms. The van der Waals surface area contributed by atoms with Gasteiger partial charge in [-0.25, -0.2) is 8.78 Å². The molecule has 1 aliphatic carbocycles. The highest BCUT2D eigenvalue weighted by atomic mass is 20.0. The second-order valence-electron chi connectivity index (χ2n) is 2.31. The van der Waals surface area contributed by atoms with E-state index in [4.69, 9.17) is 9.15 Å². The normalized spacial score (nSPS) is 27.8. The second-order valence-corrected chi connectivity index (χ2v) is 2.31. The number of hydrogen-bond donors (Lipinski definition) is 0. The highest BCUT2D eigenvalue weighted by Gasteiger charge is 2.74. The Hall–Kier alpha value is -0.530. The molecule has 8 heteroatoms. The van der Waals surface area contributed by atoms with Gasteiger partial charge in [-0.15, -0.1) is 0 Å². The van der Waals surface area contributed by atoms with Crippen molar-refractivity contribution >= 4 is 0 Å². The summed E-state index contributed by atoms with van der Waals surface area (Å²) in [5.74, 6) is 0. The van der Waals surface area contributed by atoms with E-state index < -0.39 is 31.2 Å². The minimum atomic E-state index is -4.81. The lowest BCUT2D eigenvalue weighted by molar-refractivity contribution is -0.250. The molecular weight excluding hydrogens is 233 g/mol. The zero-order valence-electron chi connectivity index (χ0n) is 6.05. The minimum Gasteiger partial charge on any atom is -0.331 e. The van der Waals surface area contributed by atoms with E-state index in [-0.39, 0.29) is 14.9 Å². The van der Waals surface area contributed by atoms with E-state index in [1.165, 1.54) is 0 Å². The van der Waals surface area contributed by atoms with Crippen molar-refractivity contribution in [1.29, 1.82) is 0 Å². The van der Waals surface area contributed by atoms with Crippen LogP contribution in [0, 0.1) is 0 Å². The SMILES string of the molecule is C.C.FCOC1(C(F)(F)F)CC1F.FF. The predicted molar refractivity (Wildman–Crippen MR) is 41.0 cm³/mol. The summed E-state index contributed by atoms with van der Waals surface area (Å²) in [6.07, 6.45) is -7.71. The zero-order valence-corrected chi connectivity index (χ0v) is 6.05. The summed E-state index contributed by atoms with van der Waals surface area (Å²) in [6, 6.07) is 0. The molecule has 0 aromatic heterocycles. The highest BCUT2D eigenvalue weighted by Crippen LogP contribution is 2.54. The lowest BCUT2D eigenvalue weighted by Crippen LogP contribution is -2.36. The number of rotatable bonds is 2. The Labute approximate surface area is 83.1 Å². The van der Waals surface area contributed by atoms with Crippen molar-refractivity contribution in [3.63, 3.8) is 0 Å². The molecule has 1 rings (SSSR count). The Morgan fingerprint density at radius 1 is 1.20 bits per heavy atom. The fourth-order valence-electron chi connectivity index (χ4n) is 0.829. The van der Waals surface area contributed by atoms with Crippen molar-refractivity contribution < 1.29 is 35.8 Å². The lowest BCUT2D eigenvalue weighted by Gasteiger charge is -2.17. The first-order chi connectivity index (χ1) is 5.94. The first kappa shape index (κ1) is 20.0. The molecular formula is C7H13F7O. The smallest absolute Gasteiger partial charge is 0.331 e. The molecule has 1 fully saturated rings. The third-order valence-electron chi connectivity index (χ3n) is 1.62. The molecule has 96 valence electrons. The van der Waals surface area contributed by atoms with Crippen LogP contribution in [0.5, 0.6) is 0 Å². The molecule has 0 spiro atoms. The fraction of sp³-hybridized carbons (Fsp3) is 1.00. The molecule has 0 aromatic carbocycles. The Kier molecular flexibility index (Phi) is 9.13. The quantitative estimate of drug-likeness (QED) is 0.667. The van der Waals surface area contributed by atoms with Crippen LogP contribution in [0.2, 0.25) is 0 Å². The fourth-order valence-corrected chi connectivity index (χ4v) is 0.829. The maximum atomic E-state index is 12.1. The van der Waals surface area contributed by atoms with Gasteiger partial charge in [-0.3, -0.25) is 0 Å². The number of ether oxygens (including phenoxy) is 1. The van der Waals surface area contributed by atoms with E-state index in [2.05, 4.69) is 4.74 Å². The molecule has 0 bridgehead atoms. The van der Waals surface area contributed by atoms with Crippen LogP contribution in [0.15, 0.2) is 0 Å². The van der Waals surface area contributed by atoms with E-state index in [0.717, 1.165) is 0 Å². The molecule has 1 aliphatic rings. The van der Waals surface area contributed by atoms with Crippen molar-refractivity contribution in [1.82, 2.24) is 0 Å². The summed E-state index contributed by atoms with van der Waals surface area (Å²) in [5, 5.41) is 0. The number of hydrogen-bond acceptors (Lipinski definition) is 1. The van der Waals surface area contributed by atoms with Crippen molar-refractivity contribution in [3.8, 4) is 0 Å². The summed E-state index contributed by atoms with van der Waals surface area (Å²) < 4.78 is 78.5. The van der Waals surface area contributed by atoms with Gasteiger partial charge in [-0.05, 0) is 0 Å². The average Bonchev–Trinajstić information content (AvgIpc) is 2.67. The third-order valence-corrected chi connectivity index (χ3v) is 1.62. The third kappa shape index (κ3) is 3.84. The van der Waals surface area contributed by atoms with Crippen LogP contribution in [0.25, 0.3) is 0 Å². The minimum absolute atomic E-state index is 0. The second kappa shape index (κ2) is 6.86. The molecule has 1 saturated carbocycles. The van der Waals surface area contributed by atoms with E-state index in [1.807, 2.05) is 0 Å². The summed E-state index contributed by atoms with van der Waals surface area (Å²) in [4.78, 5) is 0. The maximum Gasteiger partial charge on any atom is 0.420 e. The first-order valence-corrected chi connectivity index (χ1v) is 2.99. The van der Waals surface area contributed by atoms with Gasteiger partial charge in [0.1, 0.15) is 6.17 Å². The van der Waals surface area contributed by atoms with Gasteiger partial charge in [0.15, 0.2) is 6.86 Å². The topological polar surface area (TPSA) is 9.23 Å². The van der Waals surface area contributed by atoms with Crippen molar-refractivity contribution in [2.75, 3.05) is 6.86 Å². The van der Waals surface area contributed by atoms with Gasteiger partial charge in [0.2, 0.25) is 5.60 Å². The Bertz CT molecular complexity index is 160. The molecule has 0 amide bonds. The summed E-state index contributed by atoms with van der Waals surface area (Å²) in [5.41, 5.74) is -2.85. The van der Waals surface area contributed by atoms with E-state index in [9.17, 15) is 22.0 Å². The van der Waals surface area contributed by atoms with Crippen LogP contribution in [-0.4, -0.2) is 24.8 Å². The molecule has 0 aliphatic heterocycles. The Balaban J connectivity index is -0.000000339. The number of halogens is 7. The van der Waals surface area contributed by atoms with Crippen molar-refractivity contribution in [2.24, 2.45) is 0 Å². The molecule has 0 N–H and O–H groups in total. The van der Waals surface area contributed by atoms with Crippen LogP contribution in [0.1, 0.15) is 21.3 Å². The summed E-state index contributed by atoms with van der Waals surface area (Å²) in [7, 11) is 0. The standard InChI is InChI=1S/C5H5F5O.2CH4.F2/c6-2-11-4(1-3(4)7)5(8,9)10;;;1-2/h3H,1-2H2;2*1H4;. The summed E-state index contributed by atoms with van der Waals surface area (Å²) >= 11 is 0. The zero-order chi connectivity index (χ0) is 10.7. The lowest BCUT2D eigenvalue weighted by atomic mass is 10.3. The monoisotopic (exact) mass is 246 g/mol. The van der Waals surface area contributed by atoms with Crippen LogP contribution >= 0.6 is 0 Å². The van der Waals surface area contributed by atoms with Crippen LogP contribution < -0.4 is 0 Å². The van der Waals surface area contributed by atoms with Crippen molar-refractivity contribution in [2.45, 2.75) is 39.2 Å². The molecule has 0 heterocycles. The molecule has 1 nitrogen and oxygen atoms in total. The first-order valence-electron chi connectivity index (χ1n) is 2.99. The van der Waals surface area contributed by atoms with Gasteiger partial charge >= 0.3 is 6.18 Å². The molecule has 2 unspecified atom stereocenters. The van der Waals surface area contributed by atoms with E-state index in [1.54, 1.807) is 0 Å². The van der Waals surface area contributed by atoms with Gasteiger partial charge in [0.05, 0.1) is 0 Å². The van der Waals surface area contributed by atoms with E-state index >= 15 is 0 Å². The van der Waals surface area contributed by atoms with Gasteiger partial charge in [0, 0.05) is 15.6 Å². The maximum absolute atomic E-state index is 12.1. The molecule has 2 atom stereocenters. The average molecular weight is 246 g/mol. The molecule has 0 saturated heterocycles. The summed E-state index contributed by atoms with van der Waals surface area (Å²) in [6.45, 7) is -1.61. The van der Waals surface area contributed by atoms with Crippen LogP contribution in [-0.2, 0) is 4.74 Å². The largest absolute Gasteiger partial charge is 0.420 e. The highest BCUT2D eigenvalue weighted by molar-refractivity contribution is 5.11. The Morgan fingerprint density at radius 3 is 1.60 bits per heavy atom.